The molecule has 1 rings (SSSR count). The molecular weight excluding hydrogens is 246 g/mol. The molecule has 94 valence electrons. The molecule has 1 aromatic carbocycles. The number of benzene rings is 1. The summed E-state index contributed by atoms with van der Waals surface area (Å²) in [7, 11) is 0. The largest absolute Gasteiger partial charge is 0.434 e. The fraction of sp³-hybridized carbons (Fsp3) is 0.385. The lowest BCUT2D eigenvalue weighted by Gasteiger charge is -2.11. The van der Waals surface area contributed by atoms with Crippen molar-refractivity contribution in [1.82, 2.24) is 0 Å². The number of hydrogen-bond acceptors (Lipinski definition) is 1. The molecule has 0 N–H and O–H groups in total. The molecule has 1 nitrogen and oxygen atoms in total. The highest BCUT2D eigenvalue weighted by Gasteiger charge is 2.09. The summed E-state index contributed by atoms with van der Waals surface area (Å²) < 4.78 is 28.9. The Morgan fingerprint density at radius 1 is 1.35 bits per heavy atom. The van der Waals surface area contributed by atoms with Crippen LogP contribution >= 0.6 is 11.6 Å². The third-order valence-electron chi connectivity index (χ3n) is 2.37. The van der Waals surface area contributed by atoms with E-state index in [0.29, 0.717) is 11.4 Å². The molecule has 0 unspecified atom stereocenters. The molecule has 0 heterocycles. The summed E-state index contributed by atoms with van der Waals surface area (Å²) >= 11 is 5.81. The molecule has 0 aliphatic heterocycles. The zero-order valence-corrected chi connectivity index (χ0v) is 10.5. The van der Waals surface area contributed by atoms with Gasteiger partial charge in [0.15, 0.2) is 0 Å². The van der Waals surface area contributed by atoms with E-state index >= 15 is 0 Å². The van der Waals surface area contributed by atoms with Crippen molar-refractivity contribution in [2.24, 2.45) is 5.92 Å². The minimum Gasteiger partial charge on any atom is -0.434 e. The number of para-hydroxylation sites is 1. The van der Waals surface area contributed by atoms with E-state index in [1.54, 1.807) is 24.3 Å². The molecular formula is C13H15ClF2O. The van der Waals surface area contributed by atoms with Gasteiger partial charge in [0.05, 0.1) is 0 Å². The van der Waals surface area contributed by atoms with Crippen LogP contribution in [0.1, 0.15) is 19.4 Å². The first-order valence-corrected chi connectivity index (χ1v) is 5.88. The van der Waals surface area contributed by atoms with Gasteiger partial charge in [-0.2, -0.15) is 8.78 Å². The maximum atomic E-state index is 12.2. The van der Waals surface area contributed by atoms with E-state index in [1.807, 2.05) is 13.8 Å². The fourth-order valence-electron chi connectivity index (χ4n) is 1.36. The maximum absolute atomic E-state index is 12.2. The van der Waals surface area contributed by atoms with E-state index < -0.39 is 6.61 Å². The molecule has 0 atom stereocenters. The quantitative estimate of drug-likeness (QED) is 0.705. The van der Waals surface area contributed by atoms with Crippen molar-refractivity contribution in [3.05, 3.63) is 35.4 Å². The second-order valence-electron chi connectivity index (χ2n) is 3.92. The first-order valence-electron chi connectivity index (χ1n) is 5.35. The number of hydrogen-bond donors (Lipinski definition) is 0. The van der Waals surface area contributed by atoms with Crippen molar-refractivity contribution in [3.8, 4) is 5.75 Å². The molecule has 17 heavy (non-hydrogen) atoms. The first-order chi connectivity index (χ1) is 8.04. The van der Waals surface area contributed by atoms with Gasteiger partial charge in [-0.15, -0.1) is 11.6 Å². The van der Waals surface area contributed by atoms with Crippen LogP contribution in [0.4, 0.5) is 8.78 Å². The molecule has 1 aromatic rings. The van der Waals surface area contributed by atoms with Crippen molar-refractivity contribution in [2.75, 3.05) is 5.88 Å². The fourth-order valence-corrected chi connectivity index (χ4v) is 1.75. The monoisotopic (exact) mass is 260 g/mol. The highest BCUT2D eigenvalue weighted by Crippen LogP contribution is 2.25. The third kappa shape index (κ3) is 4.35. The van der Waals surface area contributed by atoms with Crippen LogP contribution in [-0.2, 0) is 0 Å². The SMILES string of the molecule is CC(C)C(=Cc1ccccc1OC(F)F)CCl. The van der Waals surface area contributed by atoms with Crippen LogP contribution in [0, 0.1) is 5.92 Å². The highest BCUT2D eigenvalue weighted by molar-refractivity contribution is 6.19. The lowest BCUT2D eigenvalue weighted by atomic mass is 10.0. The number of alkyl halides is 3. The summed E-state index contributed by atoms with van der Waals surface area (Å²) in [4.78, 5) is 0. The molecule has 0 aliphatic carbocycles. The van der Waals surface area contributed by atoms with Gasteiger partial charge in [0, 0.05) is 11.4 Å². The second-order valence-corrected chi connectivity index (χ2v) is 4.19. The van der Waals surface area contributed by atoms with E-state index in [9.17, 15) is 8.78 Å². The van der Waals surface area contributed by atoms with Crippen LogP contribution in [0.15, 0.2) is 29.8 Å². The van der Waals surface area contributed by atoms with Gasteiger partial charge in [-0.25, -0.2) is 0 Å². The van der Waals surface area contributed by atoms with Gasteiger partial charge in [0.25, 0.3) is 0 Å². The van der Waals surface area contributed by atoms with Crippen LogP contribution in [0.25, 0.3) is 6.08 Å². The number of halogens is 3. The topological polar surface area (TPSA) is 9.23 Å². The lowest BCUT2D eigenvalue weighted by molar-refractivity contribution is -0.0499. The Morgan fingerprint density at radius 2 is 2.00 bits per heavy atom. The molecule has 4 heteroatoms. The van der Waals surface area contributed by atoms with Crippen LogP contribution in [-0.4, -0.2) is 12.5 Å². The maximum Gasteiger partial charge on any atom is 0.387 e. The van der Waals surface area contributed by atoms with Gasteiger partial charge in [-0.1, -0.05) is 43.7 Å². The normalized spacial score (nSPS) is 12.3. The molecule has 0 bridgehead atoms. The number of rotatable bonds is 5. The Hall–Kier alpha value is -1.09. The van der Waals surface area contributed by atoms with Crippen molar-refractivity contribution >= 4 is 17.7 Å². The molecule has 0 fully saturated rings. The van der Waals surface area contributed by atoms with Gasteiger partial charge in [-0.05, 0) is 12.0 Å². The summed E-state index contributed by atoms with van der Waals surface area (Å²) in [6, 6.07) is 6.68. The Morgan fingerprint density at radius 3 is 2.53 bits per heavy atom. The van der Waals surface area contributed by atoms with E-state index in [4.69, 9.17) is 11.6 Å². The second kappa shape index (κ2) is 6.60. The molecule has 0 saturated heterocycles. The highest BCUT2D eigenvalue weighted by atomic mass is 35.5. The van der Waals surface area contributed by atoms with E-state index in [2.05, 4.69) is 4.74 Å². The molecule has 0 aromatic heterocycles. The Balaban J connectivity index is 3.04. The Bertz CT molecular complexity index is 389. The molecule has 0 saturated carbocycles. The predicted molar refractivity (Wildman–Crippen MR) is 66.6 cm³/mol. The smallest absolute Gasteiger partial charge is 0.387 e. The molecule has 0 radical (unpaired) electrons. The average molecular weight is 261 g/mol. The standard InChI is InChI=1S/C13H15ClF2O/c1-9(2)11(8-14)7-10-5-3-4-6-12(10)17-13(15)16/h3-7,9,13H,8H2,1-2H3. The van der Waals surface area contributed by atoms with Crippen LogP contribution < -0.4 is 4.74 Å². The summed E-state index contributed by atoms with van der Waals surface area (Å²) in [5.74, 6) is 0.818. The summed E-state index contributed by atoms with van der Waals surface area (Å²) in [6.45, 7) is 1.19. The number of allylic oxidation sites excluding steroid dienone is 1. The third-order valence-corrected chi connectivity index (χ3v) is 2.68. The van der Waals surface area contributed by atoms with Crippen molar-refractivity contribution in [1.29, 1.82) is 0 Å². The molecule has 0 spiro atoms. The summed E-state index contributed by atoms with van der Waals surface area (Å²) in [5, 5.41) is 0. The van der Waals surface area contributed by atoms with E-state index in [-0.39, 0.29) is 11.7 Å². The zero-order valence-electron chi connectivity index (χ0n) is 9.79. The van der Waals surface area contributed by atoms with Crippen molar-refractivity contribution in [3.63, 3.8) is 0 Å². The van der Waals surface area contributed by atoms with Crippen molar-refractivity contribution in [2.45, 2.75) is 20.5 Å². The zero-order chi connectivity index (χ0) is 12.8. The van der Waals surface area contributed by atoms with Gasteiger partial charge in [-0.3, -0.25) is 0 Å². The van der Waals surface area contributed by atoms with Gasteiger partial charge < -0.3 is 4.74 Å². The van der Waals surface area contributed by atoms with Crippen LogP contribution in [0.2, 0.25) is 0 Å². The minimum atomic E-state index is -2.82. The average Bonchev–Trinajstić information content (AvgIpc) is 2.26. The minimum absolute atomic E-state index is 0.172. The number of ether oxygens (including phenoxy) is 1. The summed E-state index contributed by atoms with van der Waals surface area (Å²) in [6.07, 6.45) is 1.80. The Kier molecular flexibility index (Phi) is 5.42. The van der Waals surface area contributed by atoms with Gasteiger partial charge in [0.2, 0.25) is 0 Å². The predicted octanol–water partition coefficient (Wildman–Crippen LogP) is 4.57. The van der Waals surface area contributed by atoms with Gasteiger partial charge in [0.1, 0.15) is 5.75 Å². The Labute approximate surface area is 105 Å². The molecule has 0 amide bonds. The van der Waals surface area contributed by atoms with E-state index in [1.165, 1.54) is 6.07 Å². The van der Waals surface area contributed by atoms with Crippen molar-refractivity contribution < 1.29 is 13.5 Å². The van der Waals surface area contributed by atoms with Gasteiger partial charge >= 0.3 is 6.61 Å². The summed E-state index contributed by atoms with van der Waals surface area (Å²) in [5.41, 5.74) is 1.61. The van der Waals surface area contributed by atoms with Crippen LogP contribution in [0.3, 0.4) is 0 Å². The lowest BCUT2D eigenvalue weighted by Crippen LogP contribution is -2.03. The van der Waals surface area contributed by atoms with E-state index in [0.717, 1.165) is 5.57 Å². The first kappa shape index (κ1) is 14.0. The van der Waals surface area contributed by atoms with Crippen LogP contribution in [0.5, 0.6) is 5.75 Å². The molecule has 0 aliphatic rings.